The first-order valence-corrected chi connectivity index (χ1v) is 11.8. The molecule has 0 bridgehead atoms. The minimum Gasteiger partial charge on any atom is -0.467 e. The van der Waals surface area contributed by atoms with Gasteiger partial charge in [0, 0.05) is 29.4 Å². The van der Waals surface area contributed by atoms with Gasteiger partial charge in [0.1, 0.15) is 10.6 Å². The first-order valence-electron chi connectivity index (χ1n) is 9.03. The number of thiophene rings is 2. The Bertz CT molecular complexity index is 1180. The molecule has 0 radical (unpaired) electrons. The summed E-state index contributed by atoms with van der Waals surface area (Å²) >= 11 is 4.37. The normalized spacial score (nSPS) is 11.2. The van der Waals surface area contributed by atoms with Crippen molar-refractivity contribution in [2.75, 3.05) is 12.8 Å². The van der Waals surface area contributed by atoms with Gasteiger partial charge in [-0.2, -0.15) is 0 Å². The predicted octanol–water partition coefficient (Wildman–Crippen LogP) is 4.55. The molecule has 4 aromatic heterocycles. The average molecular weight is 446 g/mol. The lowest BCUT2D eigenvalue weighted by atomic mass is 10.2. The van der Waals surface area contributed by atoms with E-state index in [4.69, 9.17) is 9.40 Å². The summed E-state index contributed by atoms with van der Waals surface area (Å²) in [6.45, 7) is 2.83. The number of thioether (sulfide) groups is 1. The van der Waals surface area contributed by atoms with Gasteiger partial charge in [-0.15, -0.1) is 22.7 Å². The minimum absolute atomic E-state index is 0.0474. The fourth-order valence-electron chi connectivity index (χ4n) is 2.97. The lowest BCUT2D eigenvalue weighted by molar-refractivity contribution is -0.127. The van der Waals surface area contributed by atoms with Crippen molar-refractivity contribution in [1.82, 2.24) is 14.5 Å². The molecule has 0 spiro atoms. The van der Waals surface area contributed by atoms with E-state index in [-0.39, 0.29) is 17.2 Å². The van der Waals surface area contributed by atoms with Gasteiger partial charge in [-0.3, -0.25) is 14.2 Å². The Morgan fingerprint density at radius 1 is 1.31 bits per heavy atom. The molecule has 4 aromatic rings. The van der Waals surface area contributed by atoms with E-state index >= 15 is 0 Å². The monoisotopic (exact) mass is 445 g/mol. The highest BCUT2D eigenvalue weighted by Gasteiger charge is 2.19. The van der Waals surface area contributed by atoms with E-state index in [1.54, 1.807) is 40.2 Å². The molecule has 0 aliphatic rings. The fraction of sp³-hybridized carbons (Fsp3) is 0.250. The Labute approximate surface area is 179 Å². The molecule has 9 heteroatoms. The Morgan fingerprint density at radius 3 is 2.86 bits per heavy atom. The molecule has 0 aliphatic carbocycles. The summed E-state index contributed by atoms with van der Waals surface area (Å²) in [5, 5.41) is 5.22. The standard InChI is InChI=1S/C20H19N3O3S3/c1-3-23-19(25)17-14(15-7-5-9-27-15)11-28-18(17)21-20(23)29-12-16(24)22(2)10-13-6-4-8-26-13/h4-9,11H,3,10,12H2,1-2H3. The number of fused-ring (bicyclic) bond motifs is 1. The van der Waals surface area contributed by atoms with Crippen molar-refractivity contribution in [2.24, 2.45) is 0 Å². The second-order valence-corrected chi connectivity index (χ2v) is 9.12. The van der Waals surface area contributed by atoms with Crippen molar-refractivity contribution < 1.29 is 9.21 Å². The first-order chi connectivity index (χ1) is 14.1. The molecule has 0 unspecified atom stereocenters. The summed E-state index contributed by atoms with van der Waals surface area (Å²) in [5.41, 5.74) is 0.881. The summed E-state index contributed by atoms with van der Waals surface area (Å²) in [6.07, 6.45) is 1.59. The zero-order valence-corrected chi connectivity index (χ0v) is 18.4. The van der Waals surface area contributed by atoms with Crippen LogP contribution in [0.15, 0.2) is 55.7 Å². The molecule has 4 heterocycles. The highest BCUT2D eigenvalue weighted by Crippen LogP contribution is 2.34. The van der Waals surface area contributed by atoms with Gasteiger partial charge in [-0.1, -0.05) is 17.8 Å². The van der Waals surface area contributed by atoms with Crippen LogP contribution in [0.2, 0.25) is 0 Å². The maximum Gasteiger partial charge on any atom is 0.263 e. The highest BCUT2D eigenvalue weighted by atomic mass is 32.2. The van der Waals surface area contributed by atoms with Gasteiger partial charge in [0.25, 0.3) is 5.56 Å². The molecule has 0 aromatic carbocycles. The van der Waals surface area contributed by atoms with Crippen LogP contribution >= 0.6 is 34.4 Å². The van der Waals surface area contributed by atoms with E-state index in [0.29, 0.717) is 28.5 Å². The van der Waals surface area contributed by atoms with Crippen molar-refractivity contribution in [3.63, 3.8) is 0 Å². The molecule has 0 saturated heterocycles. The number of furan rings is 1. The fourth-order valence-corrected chi connectivity index (χ4v) is 5.78. The van der Waals surface area contributed by atoms with Gasteiger partial charge in [0.05, 0.1) is 23.9 Å². The second kappa shape index (κ2) is 8.56. The quantitative estimate of drug-likeness (QED) is 0.308. The van der Waals surface area contributed by atoms with Gasteiger partial charge in [-0.05, 0) is 30.5 Å². The topological polar surface area (TPSA) is 68.3 Å². The Morgan fingerprint density at radius 2 is 2.17 bits per heavy atom. The van der Waals surface area contributed by atoms with Crippen LogP contribution in [0.25, 0.3) is 20.7 Å². The maximum absolute atomic E-state index is 13.2. The number of amides is 1. The zero-order valence-electron chi connectivity index (χ0n) is 16.0. The van der Waals surface area contributed by atoms with Crippen molar-refractivity contribution in [2.45, 2.75) is 25.2 Å². The van der Waals surface area contributed by atoms with Gasteiger partial charge in [-0.25, -0.2) is 4.98 Å². The van der Waals surface area contributed by atoms with E-state index < -0.39 is 0 Å². The Hall–Kier alpha value is -2.36. The van der Waals surface area contributed by atoms with Crippen LogP contribution in [0.1, 0.15) is 12.7 Å². The molecule has 150 valence electrons. The smallest absolute Gasteiger partial charge is 0.263 e. The zero-order chi connectivity index (χ0) is 20.4. The molecule has 6 nitrogen and oxygen atoms in total. The summed E-state index contributed by atoms with van der Waals surface area (Å²) in [5.74, 6) is 0.891. The van der Waals surface area contributed by atoms with Gasteiger partial charge in [0.15, 0.2) is 5.16 Å². The Balaban J connectivity index is 1.57. The molecule has 0 atom stereocenters. The third-order valence-electron chi connectivity index (χ3n) is 4.49. The third-order valence-corrected chi connectivity index (χ3v) is 7.22. The van der Waals surface area contributed by atoms with E-state index in [2.05, 4.69) is 0 Å². The van der Waals surface area contributed by atoms with Crippen molar-refractivity contribution in [1.29, 1.82) is 0 Å². The van der Waals surface area contributed by atoms with Crippen LogP contribution in [-0.4, -0.2) is 33.2 Å². The molecular weight excluding hydrogens is 426 g/mol. The molecule has 0 fully saturated rings. The molecule has 4 rings (SSSR count). The summed E-state index contributed by atoms with van der Waals surface area (Å²) < 4.78 is 6.94. The van der Waals surface area contributed by atoms with Gasteiger partial charge >= 0.3 is 0 Å². The van der Waals surface area contributed by atoms with E-state index in [1.807, 2.05) is 35.9 Å². The molecular formula is C20H19N3O3S3. The number of carbonyl (C=O) groups excluding carboxylic acids is 1. The van der Waals surface area contributed by atoms with Crippen LogP contribution in [0.3, 0.4) is 0 Å². The van der Waals surface area contributed by atoms with Crippen molar-refractivity contribution >= 4 is 50.6 Å². The number of carbonyl (C=O) groups is 1. The van der Waals surface area contributed by atoms with Crippen LogP contribution < -0.4 is 5.56 Å². The van der Waals surface area contributed by atoms with E-state index in [9.17, 15) is 9.59 Å². The van der Waals surface area contributed by atoms with E-state index in [0.717, 1.165) is 16.2 Å². The number of rotatable bonds is 7. The minimum atomic E-state index is -0.0546. The third kappa shape index (κ3) is 4.03. The second-order valence-electron chi connectivity index (χ2n) is 6.37. The molecule has 1 amide bonds. The number of aromatic nitrogens is 2. The number of hydrogen-bond donors (Lipinski definition) is 0. The number of nitrogens with zero attached hydrogens (tertiary/aromatic N) is 3. The SMILES string of the molecule is CCn1c(SCC(=O)N(C)Cc2ccco2)nc2scc(-c3cccs3)c2c1=O. The van der Waals surface area contributed by atoms with Gasteiger partial charge in [0.2, 0.25) is 5.91 Å². The largest absolute Gasteiger partial charge is 0.467 e. The van der Waals surface area contributed by atoms with Crippen LogP contribution in [0.4, 0.5) is 0 Å². The van der Waals surface area contributed by atoms with E-state index in [1.165, 1.54) is 23.1 Å². The van der Waals surface area contributed by atoms with Gasteiger partial charge < -0.3 is 9.32 Å². The lowest BCUT2D eigenvalue weighted by Gasteiger charge is -2.16. The molecule has 0 aliphatic heterocycles. The number of hydrogen-bond acceptors (Lipinski definition) is 7. The van der Waals surface area contributed by atoms with Crippen LogP contribution in [-0.2, 0) is 17.9 Å². The molecule has 29 heavy (non-hydrogen) atoms. The Kier molecular flexibility index (Phi) is 5.89. The highest BCUT2D eigenvalue weighted by molar-refractivity contribution is 7.99. The van der Waals surface area contributed by atoms with Crippen molar-refractivity contribution in [3.05, 3.63) is 57.4 Å². The molecule has 0 saturated carbocycles. The maximum atomic E-state index is 13.2. The van der Waals surface area contributed by atoms with Crippen LogP contribution in [0, 0.1) is 0 Å². The summed E-state index contributed by atoms with van der Waals surface area (Å²) in [4.78, 5) is 33.8. The summed E-state index contributed by atoms with van der Waals surface area (Å²) in [6, 6.07) is 7.62. The lowest BCUT2D eigenvalue weighted by Crippen LogP contribution is -2.28. The van der Waals surface area contributed by atoms with Crippen LogP contribution in [0.5, 0.6) is 0 Å². The summed E-state index contributed by atoms with van der Waals surface area (Å²) in [7, 11) is 1.74. The predicted molar refractivity (Wildman–Crippen MR) is 119 cm³/mol. The molecule has 0 N–H and O–H groups in total. The van der Waals surface area contributed by atoms with Crippen molar-refractivity contribution in [3.8, 4) is 10.4 Å². The first kappa shape index (κ1) is 19.9. The average Bonchev–Trinajstić information content (AvgIpc) is 3.46.